The highest BCUT2D eigenvalue weighted by Gasteiger charge is 1.58. The zero-order valence-electron chi connectivity index (χ0n) is 9.78. The summed E-state index contributed by atoms with van der Waals surface area (Å²) in [5.74, 6) is 37.4. The van der Waals surface area contributed by atoms with Crippen molar-refractivity contribution in [2.24, 2.45) is 0 Å². The Morgan fingerprint density at radius 1 is 0.556 bits per heavy atom. The fraction of sp³-hybridized carbons (Fsp3) is 0.111. The average Bonchev–Trinajstić information content (AvgIpc) is 2.39. The Balaban J connectivity index is 4.25. The molecule has 0 aromatic rings. The van der Waals surface area contributed by atoms with Crippen molar-refractivity contribution in [3.63, 3.8) is 0 Å². The molecule has 0 saturated carbocycles. The van der Waals surface area contributed by atoms with Crippen molar-refractivity contribution < 1.29 is 0 Å². The molecule has 0 amide bonds. The van der Waals surface area contributed by atoms with Crippen LogP contribution in [0.2, 0.25) is 0 Å². The predicted molar refractivity (Wildman–Crippen MR) is 73.6 cm³/mol. The van der Waals surface area contributed by atoms with Crippen molar-refractivity contribution in [3.8, 4) is 95.2 Å². The smallest absolute Gasteiger partial charge is 0.00704 e. The zero-order valence-corrected chi connectivity index (χ0v) is 9.78. The van der Waals surface area contributed by atoms with Crippen molar-refractivity contribution in [2.45, 2.75) is 13.3 Å². The molecule has 0 bridgehead atoms. The normalized spacial score (nSPS) is 4.22. The average molecular weight is 222 g/mol. The van der Waals surface area contributed by atoms with E-state index in [1.807, 2.05) is 6.92 Å². The first-order valence-corrected chi connectivity index (χ1v) is 4.85. The van der Waals surface area contributed by atoms with Crippen molar-refractivity contribution in [2.75, 3.05) is 0 Å². The molecule has 0 aliphatic carbocycles. The molecule has 0 aliphatic heterocycles. The molecule has 78 valence electrons. The first kappa shape index (κ1) is 14.5. The Hall–Kier alpha value is -3.52. The molecular weight excluding hydrogens is 216 g/mol. The number of terminal acetylenes is 1. The Morgan fingerprint density at radius 2 is 0.889 bits per heavy atom. The Morgan fingerprint density at radius 3 is 1.22 bits per heavy atom. The van der Waals surface area contributed by atoms with Gasteiger partial charge in [0.25, 0.3) is 0 Å². The van der Waals surface area contributed by atoms with Gasteiger partial charge in [-0.05, 0) is 82.9 Å². The van der Waals surface area contributed by atoms with E-state index < -0.39 is 0 Å². The largest absolute Gasteiger partial charge is 0.106 e. The van der Waals surface area contributed by atoms with E-state index in [9.17, 15) is 0 Å². The van der Waals surface area contributed by atoms with Crippen LogP contribution in [0.5, 0.6) is 0 Å². The van der Waals surface area contributed by atoms with Gasteiger partial charge in [0.1, 0.15) is 0 Å². The zero-order chi connectivity index (χ0) is 13.3. The molecule has 0 heterocycles. The van der Waals surface area contributed by atoms with Crippen LogP contribution in [0.3, 0.4) is 0 Å². The Bertz CT molecular complexity index is 749. The second-order valence-electron chi connectivity index (χ2n) is 2.30. The van der Waals surface area contributed by atoms with Crippen LogP contribution in [0.25, 0.3) is 0 Å². The van der Waals surface area contributed by atoms with Gasteiger partial charge in [-0.15, -0.1) is 6.42 Å². The highest BCUT2D eigenvalue weighted by atomic mass is 13.6. The van der Waals surface area contributed by atoms with Crippen LogP contribution in [-0.4, -0.2) is 0 Å². The van der Waals surface area contributed by atoms with Crippen molar-refractivity contribution in [1.29, 1.82) is 0 Å². The summed E-state index contributed by atoms with van der Waals surface area (Å²) in [6, 6.07) is 0. The van der Waals surface area contributed by atoms with Gasteiger partial charge in [-0.2, -0.15) is 0 Å². The lowest BCUT2D eigenvalue weighted by molar-refractivity contribution is 1.28. The van der Waals surface area contributed by atoms with E-state index in [-0.39, 0.29) is 0 Å². The molecule has 0 N–H and O–H groups in total. The monoisotopic (exact) mass is 222 g/mol. The molecule has 0 fully saturated rings. The summed E-state index contributed by atoms with van der Waals surface area (Å²) in [5.41, 5.74) is 0. The fourth-order valence-electron chi connectivity index (χ4n) is 0.512. The van der Waals surface area contributed by atoms with Crippen molar-refractivity contribution in [3.05, 3.63) is 0 Å². The second-order valence-corrected chi connectivity index (χ2v) is 2.30. The van der Waals surface area contributed by atoms with Crippen LogP contribution in [0.15, 0.2) is 0 Å². The van der Waals surface area contributed by atoms with Gasteiger partial charge in [0.2, 0.25) is 0 Å². The highest BCUT2D eigenvalue weighted by molar-refractivity contribution is 5.45. The molecule has 18 heavy (non-hydrogen) atoms. The maximum atomic E-state index is 4.89. The van der Waals surface area contributed by atoms with Crippen molar-refractivity contribution >= 4 is 0 Å². The van der Waals surface area contributed by atoms with Gasteiger partial charge in [0, 0.05) is 6.42 Å². The molecule has 0 atom stereocenters. The van der Waals surface area contributed by atoms with Gasteiger partial charge in [0.05, 0.1) is 0 Å². The summed E-state index contributed by atoms with van der Waals surface area (Å²) in [6.45, 7) is 1.95. The summed E-state index contributed by atoms with van der Waals surface area (Å²) in [7, 11) is 0. The Labute approximate surface area is 109 Å². The van der Waals surface area contributed by atoms with E-state index in [1.54, 1.807) is 0 Å². The van der Waals surface area contributed by atoms with Crippen LogP contribution in [0.4, 0.5) is 0 Å². The Kier molecular flexibility index (Phi) is 10.8. The van der Waals surface area contributed by atoms with Gasteiger partial charge in [0.15, 0.2) is 0 Å². The maximum absolute atomic E-state index is 4.89. The van der Waals surface area contributed by atoms with Crippen LogP contribution in [0, 0.1) is 95.2 Å². The number of rotatable bonds is 0. The van der Waals surface area contributed by atoms with E-state index in [2.05, 4.69) is 88.8 Å². The van der Waals surface area contributed by atoms with Gasteiger partial charge >= 0.3 is 0 Å². The maximum Gasteiger partial charge on any atom is 0.00704 e. The highest BCUT2D eigenvalue weighted by Crippen LogP contribution is 1.64. The summed E-state index contributed by atoms with van der Waals surface area (Å²) < 4.78 is 0. The fourth-order valence-corrected chi connectivity index (χ4v) is 0.512. The molecule has 0 aromatic heterocycles. The van der Waals surface area contributed by atoms with E-state index in [0.29, 0.717) is 0 Å². The first-order valence-electron chi connectivity index (χ1n) is 4.85. The van der Waals surface area contributed by atoms with Gasteiger partial charge < -0.3 is 0 Å². The SMILES string of the molecule is C#CC#CC#CC#CC#CC#CC#CC#CCC. The molecule has 0 unspecified atom stereocenters. The van der Waals surface area contributed by atoms with Gasteiger partial charge in [-0.1, -0.05) is 12.8 Å². The third kappa shape index (κ3) is 12.5. The molecule has 0 radical (unpaired) electrons. The summed E-state index contributed by atoms with van der Waals surface area (Å²) in [6.07, 6.45) is 5.67. The molecule has 0 saturated heterocycles. The topological polar surface area (TPSA) is 0 Å². The minimum absolute atomic E-state index is 0.782. The molecular formula is C18H6. The molecule has 0 aromatic carbocycles. The van der Waals surface area contributed by atoms with Crippen LogP contribution >= 0.6 is 0 Å². The molecule has 0 rings (SSSR count). The van der Waals surface area contributed by atoms with E-state index >= 15 is 0 Å². The lowest BCUT2D eigenvalue weighted by atomic mass is 10.4. The second kappa shape index (κ2) is 13.5. The molecule has 0 nitrogen and oxygen atoms in total. The first-order chi connectivity index (χ1) is 8.91. The quantitative estimate of drug-likeness (QED) is 0.537. The number of hydrogen-bond donors (Lipinski definition) is 0. The summed E-state index contributed by atoms with van der Waals surface area (Å²) >= 11 is 0. The van der Waals surface area contributed by atoms with E-state index in [4.69, 9.17) is 6.42 Å². The van der Waals surface area contributed by atoms with Gasteiger partial charge in [-0.3, -0.25) is 0 Å². The van der Waals surface area contributed by atoms with E-state index in [0.717, 1.165) is 6.42 Å². The molecule has 0 aliphatic rings. The minimum atomic E-state index is 0.782. The summed E-state index contributed by atoms with van der Waals surface area (Å²) in [4.78, 5) is 0. The third-order valence-corrected chi connectivity index (χ3v) is 1.09. The lowest BCUT2D eigenvalue weighted by Gasteiger charge is -1.60. The minimum Gasteiger partial charge on any atom is -0.106 e. The number of hydrogen-bond acceptors (Lipinski definition) is 0. The standard InChI is InChI=1S/C18H6/c1-3-5-7-9-11-13-15-17-18-16-14-12-10-8-6-4-2/h1H,4H2,2H3. The van der Waals surface area contributed by atoms with E-state index in [1.165, 1.54) is 0 Å². The predicted octanol–water partition coefficient (Wildman–Crippen LogP) is 1.05. The summed E-state index contributed by atoms with van der Waals surface area (Å²) in [5, 5.41) is 0. The van der Waals surface area contributed by atoms with Crippen LogP contribution < -0.4 is 0 Å². The van der Waals surface area contributed by atoms with Crippen LogP contribution in [0.1, 0.15) is 13.3 Å². The lowest BCUT2D eigenvalue weighted by Crippen LogP contribution is -1.56. The van der Waals surface area contributed by atoms with Crippen LogP contribution in [-0.2, 0) is 0 Å². The van der Waals surface area contributed by atoms with Gasteiger partial charge in [-0.25, -0.2) is 0 Å². The molecule has 0 heteroatoms. The molecule has 0 spiro atoms. The van der Waals surface area contributed by atoms with Crippen molar-refractivity contribution in [1.82, 2.24) is 0 Å². The third-order valence-electron chi connectivity index (χ3n) is 1.09.